The largest absolute Gasteiger partial charge is 0.491 e. The van der Waals surface area contributed by atoms with Gasteiger partial charge in [0.2, 0.25) is 0 Å². The summed E-state index contributed by atoms with van der Waals surface area (Å²) < 4.78 is 10.7. The minimum atomic E-state index is 0.0263. The van der Waals surface area contributed by atoms with E-state index in [0.29, 0.717) is 13.2 Å². The van der Waals surface area contributed by atoms with Crippen molar-refractivity contribution in [3.05, 3.63) is 54.1 Å². The molecule has 0 unspecified atom stereocenters. The Bertz CT molecular complexity index is 585. The summed E-state index contributed by atoms with van der Waals surface area (Å²) in [5, 5.41) is 0. The first-order chi connectivity index (χ1) is 10.7. The highest BCUT2D eigenvalue weighted by Crippen LogP contribution is 2.22. The molecule has 0 saturated carbocycles. The van der Waals surface area contributed by atoms with Crippen molar-refractivity contribution in [3.8, 4) is 16.9 Å². The molecule has 0 spiro atoms. The van der Waals surface area contributed by atoms with E-state index in [1.807, 2.05) is 24.3 Å². The van der Waals surface area contributed by atoms with E-state index in [9.17, 15) is 4.79 Å². The molecular weight excluding hydrogens is 276 g/mol. The Labute approximate surface area is 131 Å². The molecule has 22 heavy (non-hydrogen) atoms. The molecule has 3 heteroatoms. The van der Waals surface area contributed by atoms with Gasteiger partial charge < -0.3 is 9.47 Å². The summed E-state index contributed by atoms with van der Waals surface area (Å²) in [6, 6.07) is 16.6. The molecule has 0 fully saturated rings. The molecule has 0 aromatic heterocycles. The number of ketones is 1. The molecule has 116 valence electrons. The molecular formula is C19H22O3. The van der Waals surface area contributed by atoms with Crippen molar-refractivity contribution < 1.29 is 14.3 Å². The summed E-state index contributed by atoms with van der Waals surface area (Å²) in [7, 11) is 0. The average molecular weight is 298 g/mol. The second-order valence-corrected chi connectivity index (χ2v) is 5.18. The van der Waals surface area contributed by atoms with Crippen molar-refractivity contribution >= 4 is 5.78 Å². The van der Waals surface area contributed by atoms with E-state index in [2.05, 4.69) is 31.2 Å². The van der Waals surface area contributed by atoms with Crippen LogP contribution in [0.25, 0.3) is 11.1 Å². The molecule has 3 nitrogen and oxygen atoms in total. The maximum Gasteiger partial charge on any atom is 0.155 e. The minimum Gasteiger partial charge on any atom is -0.491 e. The molecule has 2 aromatic carbocycles. The van der Waals surface area contributed by atoms with Gasteiger partial charge in [0, 0.05) is 0 Å². The van der Waals surface area contributed by atoms with Crippen LogP contribution in [-0.2, 0) is 16.0 Å². The summed E-state index contributed by atoms with van der Waals surface area (Å²) in [5.41, 5.74) is 3.71. The van der Waals surface area contributed by atoms with E-state index in [4.69, 9.17) is 9.47 Å². The number of Topliss-reactive ketones (excluding diaryl/α,β-unsaturated/α-hetero) is 1. The third-order valence-electron chi connectivity index (χ3n) is 3.35. The third kappa shape index (κ3) is 5.01. The Morgan fingerprint density at radius 1 is 0.909 bits per heavy atom. The summed E-state index contributed by atoms with van der Waals surface area (Å²) in [5.74, 6) is 0.832. The van der Waals surface area contributed by atoms with Crippen LogP contribution in [0.5, 0.6) is 5.75 Å². The van der Waals surface area contributed by atoms with Gasteiger partial charge in [0.1, 0.15) is 19.0 Å². The zero-order valence-corrected chi connectivity index (χ0v) is 13.2. The Balaban J connectivity index is 1.85. The van der Waals surface area contributed by atoms with Crippen LogP contribution in [-0.4, -0.2) is 25.6 Å². The molecule has 0 heterocycles. The van der Waals surface area contributed by atoms with Crippen LogP contribution >= 0.6 is 0 Å². The first kappa shape index (κ1) is 16.2. The fraction of sp³-hybridized carbons (Fsp3) is 0.316. The fourth-order valence-corrected chi connectivity index (χ4v) is 2.11. The van der Waals surface area contributed by atoms with Crippen molar-refractivity contribution in [1.29, 1.82) is 0 Å². The summed E-state index contributed by atoms with van der Waals surface area (Å²) >= 11 is 0. The van der Waals surface area contributed by atoms with Crippen LogP contribution in [0.15, 0.2) is 48.5 Å². The summed E-state index contributed by atoms with van der Waals surface area (Å²) in [6.07, 6.45) is 1.05. The number of ether oxygens (including phenoxy) is 2. The molecule has 0 aliphatic carbocycles. The lowest BCUT2D eigenvalue weighted by Crippen LogP contribution is -2.11. The predicted octanol–water partition coefficient (Wildman–Crippen LogP) is 3.90. The zero-order valence-electron chi connectivity index (χ0n) is 13.2. The van der Waals surface area contributed by atoms with Crippen LogP contribution in [0.1, 0.15) is 19.4 Å². The number of rotatable bonds is 8. The van der Waals surface area contributed by atoms with Gasteiger partial charge in [-0.2, -0.15) is 0 Å². The van der Waals surface area contributed by atoms with E-state index in [0.717, 1.165) is 12.2 Å². The first-order valence-electron chi connectivity index (χ1n) is 7.58. The number of carbonyl (C=O) groups excluding carboxylic acids is 1. The number of aryl methyl sites for hydroxylation is 1. The Morgan fingerprint density at radius 3 is 2.05 bits per heavy atom. The van der Waals surface area contributed by atoms with E-state index < -0.39 is 0 Å². The lowest BCUT2D eigenvalue weighted by molar-refractivity contribution is -0.121. The minimum absolute atomic E-state index is 0.0263. The maximum absolute atomic E-state index is 10.7. The highest BCUT2D eigenvalue weighted by Gasteiger charge is 2.00. The van der Waals surface area contributed by atoms with Crippen molar-refractivity contribution in [2.24, 2.45) is 0 Å². The van der Waals surface area contributed by atoms with Crippen LogP contribution in [0.2, 0.25) is 0 Å². The molecule has 0 bridgehead atoms. The van der Waals surface area contributed by atoms with Gasteiger partial charge in [0.15, 0.2) is 5.78 Å². The van der Waals surface area contributed by atoms with Gasteiger partial charge in [0.05, 0.1) is 6.61 Å². The Morgan fingerprint density at radius 2 is 1.50 bits per heavy atom. The average Bonchev–Trinajstić information content (AvgIpc) is 2.55. The lowest BCUT2D eigenvalue weighted by Gasteiger charge is -2.08. The zero-order chi connectivity index (χ0) is 15.8. The SMILES string of the molecule is CCc1ccc(-c2ccc(OCCOCC(C)=O)cc2)cc1. The van der Waals surface area contributed by atoms with E-state index in [1.54, 1.807) is 0 Å². The van der Waals surface area contributed by atoms with Gasteiger partial charge >= 0.3 is 0 Å². The summed E-state index contributed by atoms with van der Waals surface area (Å²) in [6.45, 7) is 4.67. The van der Waals surface area contributed by atoms with Crippen molar-refractivity contribution in [2.45, 2.75) is 20.3 Å². The third-order valence-corrected chi connectivity index (χ3v) is 3.35. The monoisotopic (exact) mass is 298 g/mol. The molecule has 0 amide bonds. The summed E-state index contributed by atoms with van der Waals surface area (Å²) in [4.78, 5) is 10.7. The van der Waals surface area contributed by atoms with Crippen molar-refractivity contribution in [2.75, 3.05) is 19.8 Å². The predicted molar refractivity (Wildman–Crippen MR) is 88.3 cm³/mol. The van der Waals surface area contributed by atoms with Crippen molar-refractivity contribution in [1.82, 2.24) is 0 Å². The van der Waals surface area contributed by atoms with Gasteiger partial charge in [0.25, 0.3) is 0 Å². The lowest BCUT2D eigenvalue weighted by atomic mass is 10.0. The Hall–Kier alpha value is -2.13. The fourth-order valence-electron chi connectivity index (χ4n) is 2.11. The maximum atomic E-state index is 10.7. The molecule has 2 rings (SSSR count). The van der Waals surface area contributed by atoms with Crippen LogP contribution in [0, 0.1) is 0 Å². The number of carbonyl (C=O) groups is 1. The second kappa shape index (κ2) is 8.35. The highest BCUT2D eigenvalue weighted by molar-refractivity contribution is 5.76. The molecule has 0 N–H and O–H groups in total. The van der Waals surface area contributed by atoms with Gasteiger partial charge in [-0.05, 0) is 42.2 Å². The van der Waals surface area contributed by atoms with E-state index in [-0.39, 0.29) is 12.4 Å². The smallest absolute Gasteiger partial charge is 0.155 e. The second-order valence-electron chi connectivity index (χ2n) is 5.18. The van der Waals surface area contributed by atoms with Crippen molar-refractivity contribution in [3.63, 3.8) is 0 Å². The van der Waals surface area contributed by atoms with Gasteiger partial charge in [-0.1, -0.05) is 43.3 Å². The number of hydrogen-bond donors (Lipinski definition) is 0. The topological polar surface area (TPSA) is 35.5 Å². The molecule has 0 aliphatic heterocycles. The molecule has 0 saturated heterocycles. The number of hydrogen-bond acceptors (Lipinski definition) is 3. The molecule has 0 atom stereocenters. The first-order valence-corrected chi connectivity index (χ1v) is 7.58. The molecule has 0 aliphatic rings. The van der Waals surface area contributed by atoms with E-state index in [1.165, 1.54) is 23.6 Å². The van der Waals surface area contributed by atoms with E-state index >= 15 is 0 Å². The standard InChI is InChI=1S/C19H22O3/c1-3-16-4-6-17(7-5-16)18-8-10-19(11-9-18)22-13-12-21-14-15(2)20/h4-11H,3,12-14H2,1-2H3. The molecule has 2 aromatic rings. The number of benzene rings is 2. The van der Waals surface area contributed by atoms with Gasteiger partial charge in [-0.25, -0.2) is 0 Å². The van der Waals surface area contributed by atoms with Gasteiger partial charge in [-0.15, -0.1) is 0 Å². The van der Waals surface area contributed by atoms with Crippen LogP contribution in [0.3, 0.4) is 0 Å². The molecule has 0 radical (unpaired) electrons. The quantitative estimate of drug-likeness (QED) is 0.693. The highest BCUT2D eigenvalue weighted by atomic mass is 16.5. The Kier molecular flexibility index (Phi) is 6.16. The van der Waals surface area contributed by atoms with Crippen LogP contribution in [0.4, 0.5) is 0 Å². The van der Waals surface area contributed by atoms with Crippen LogP contribution < -0.4 is 4.74 Å². The van der Waals surface area contributed by atoms with Gasteiger partial charge in [-0.3, -0.25) is 4.79 Å². The normalized spacial score (nSPS) is 10.5.